The third-order valence-electron chi connectivity index (χ3n) is 3.01. The van der Waals surface area contributed by atoms with E-state index in [0.29, 0.717) is 11.5 Å². The van der Waals surface area contributed by atoms with Crippen LogP contribution >= 0.6 is 0 Å². The van der Waals surface area contributed by atoms with Gasteiger partial charge in [0.15, 0.2) is 21.3 Å². The lowest BCUT2D eigenvalue weighted by atomic mass is 10.2. The molecular formula is C14H21NO4S. The first-order chi connectivity index (χ1) is 9.21. The van der Waals surface area contributed by atoms with Gasteiger partial charge in [0.1, 0.15) is 0 Å². The standard InChI is InChI=1S/C14H21NO4S/c1-5-20(16,17)9-10(2)15-11-6-7-12-13(8-11)19-14(3,4)18-12/h6-8,10,15H,5,9H2,1-4H3. The van der Waals surface area contributed by atoms with E-state index in [1.807, 2.05) is 39.0 Å². The van der Waals surface area contributed by atoms with Gasteiger partial charge in [0.05, 0.1) is 5.75 Å². The molecule has 1 N–H and O–H groups in total. The second-order valence-electron chi connectivity index (χ2n) is 5.51. The lowest BCUT2D eigenvalue weighted by molar-refractivity contribution is -0.0431. The van der Waals surface area contributed by atoms with Crippen molar-refractivity contribution in [3.8, 4) is 11.5 Å². The molecule has 0 saturated carbocycles. The highest BCUT2D eigenvalue weighted by atomic mass is 32.2. The van der Waals surface area contributed by atoms with Gasteiger partial charge < -0.3 is 14.8 Å². The summed E-state index contributed by atoms with van der Waals surface area (Å²) in [7, 11) is -2.99. The van der Waals surface area contributed by atoms with Crippen LogP contribution in [0.4, 0.5) is 5.69 Å². The minimum Gasteiger partial charge on any atom is -0.449 e. The van der Waals surface area contributed by atoms with Crippen molar-refractivity contribution in [1.82, 2.24) is 0 Å². The first kappa shape index (κ1) is 15.0. The van der Waals surface area contributed by atoms with Gasteiger partial charge in [0, 0.05) is 37.4 Å². The predicted molar refractivity (Wildman–Crippen MR) is 79.2 cm³/mol. The summed E-state index contributed by atoms with van der Waals surface area (Å²) >= 11 is 0. The van der Waals surface area contributed by atoms with Crippen LogP contribution in [0.25, 0.3) is 0 Å². The number of ether oxygens (including phenoxy) is 2. The Labute approximate surface area is 120 Å². The fourth-order valence-corrected chi connectivity index (χ4v) is 3.22. The highest BCUT2D eigenvalue weighted by Gasteiger charge is 2.31. The molecule has 5 nitrogen and oxygen atoms in total. The van der Waals surface area contributed by atoms with Gasteiger partial charge in [-0.05, 0) is 19.1 Å². The molecule has 1 atom stereocenters. The normalized spacial score (nSPS) is 17.8. The third kappa shape index (κ3) is 3.56. The Morgan fingerprint density at radius 3 is 2.55 bits per heavy atom. The van der Waals surface area contributed by atoms with Crippen LogP contribution in [0.2, 0.25) is 0 Å². The maximum absolute atomic E-state index is 11.6. The average Bonchev–Trinajstić information content (AvgIpc) is 2.61. The molecular weight excluding hydrogens is 278 g/mol. The highest BCUT2D eigenvalue weighted by molar-refractivity contribution is 7.91. The first-order valence-corrected chi connectivity index (χ1v) is 8.52. The zero-order chi connectivity index (χ0) is 15.0. The molecule has 0 spiro atoms. The van der Waals surface area contributed by atoms with Gasteiger partial charge in [-0.3, -0.25) is 0 Å². The molecule has 0 aliphatic carbocycles. The fourth-order valence-electron chi connectivity index (χ4n) is 2.14. The summed E-state index contributed by atoms with van der Waals surface area (Å²) in [6.07, 6.45) is 0. The Balaban J connectivity index is 2.06. The van der Waals surface area contributed by atoms with E-state index in [2.05, 4.69) is 5.32 Å². The van der Waals surface area contributed by atoms with Crippen molar-refractivity contribution < 1.29 is 17.9 Å². The zero-order valence-corrected chi connectivity index (χ0v) is 13.1. The molecule has 1 unspecified atom stereocenters. The van der Waals surface area contributed by atoms with Gasteiger partial charge in [-0.15, -0.1) is 0 Å². The molecule has 0 aromatic heterocycles. The van der Waals surface area contributed by atoms with Crippen LogP contribution < -0.4 is 14.8 Å². The van der Waals surface area contributed by atoms with Crippen molar-refractivity contribution in [2.24, 2.45) is 0 Å². The Morgan fingerprint density at radius 1 is 1.25 bits per heavy atom. The van der Waals surface area contributed by atoms with E-state index in [0.717, 1.165) is 5.69 Å². The number of sulfone groups is 1. The molecule has 1 aromatic rings. The number of rotatable bonds is 5. The summed E-state index contributed by atoms with van der Waals surface area (Å²) in [5.41, 5.74) is 0.823. The maximum atomic E-state index is 11.6. The third-order valence-corrected chi connectivity index (χ3v) is 4.90. The number of fused-ring (bicyclic) bond motifs is 1. The minimum atomic E-state index is -2.99. The molecule has 0 saturated heterocycles. The van der Waals surface area contributed by atoms with Crippen LogP contribution in [-0.4, -0.2) is 31.8 Å². The molecule has 1 aliphatic rings. The molecule has 0 radical (unpaired) electrons. The van der Waals surface area contributed by atoms with Gasteiger partial charge >= 0.3 is 0 Å². The fraction of sp³-hybridized carbons (Fsp3) is 0.571. The number of hydrogen-bond donors (Lipinski definition) is 1. The Morgan fingerprint density at radius 2 is 1.90 bits per heavy atom. The SMILES string of the molecule is CCS(=O)(=O)CC(C)Nc1ccc2c(c1)OC(C)(C)O2. The molecule has 6 heteroatoms. The van der Waals surface area contributed by atoms with E-state index in [1.54, 1.807) is 6.92 Å². The molecule has 20 heavy (non-hydrogen) atoms. The Bertz CT molecular complexity index is 595. The number of anilines is 1. The second kappa shape index (κ2) is 5.16. The van der Waals surface area contributed by atoms with Crippen molar-refractivity contribution in [3.63, 3.8) is 0 Å². The van der Waals surface area contributed by atoms with Gasteiger partial charge in [-0.2, -0.15) is 0 Å². The van der Waals surface area contributed by atoms with Gasteiger partial charge in [-0.1, -0.05) is 6.92 Å². The summed E-state index contributed by atoms with van der Waals surface area (Å²) in [5.74, 6) is 0.996. The zero-order valence-electron chi connectivity index (χ0n) is 12.3. The van der Waals surface area contributed by atoms with Gasteiger partial charge in [-0.25, -0.2) is 8.42 Å². The van der Waals surface area contributed by atoms with E-state index in [1.165, 1.54) is 0 Å². The van der Waals surface area contributed by atoms with Gasteiger partial charge in [0.25, 0.3) is 0 Å². The van der Waals surface area contributed by atoms with E-state index in [4.69, 9.17) is 9.47 Å². The summed E-state index contributed by atoms with van der Waals surface area (Å²) in [4.78, 5) is 0. The number of nitrogens with one attached hydrogen (secondary N) is 1. The Kier molecular flexibility index (Phi) is 3.86. The maximum Gasteiger partial charge on any atom is 0.246 e. The van der Waals surface area contributed by atoms with E-state index < -0.39 is 15.6 Å². The van der Waals surface area contributed by atoms with E-state index in [-0.39, 0.29) is 17.5 Å². The monoisotopic (exact) mass is 299 g/mol. The lowest BCUT2D eigenvalue weighted by Crippen LogP contribution is -2.29. The highest BCUT2D eigenvalue weighted by Crippen LogP contribution is 2.40. The van der Waals surface area contributed by atoms with Crippen LogP contribution in [0, 0.1) is 0 Å². The number of hydrogen-bond acceptors (Lipinski definition) is 5. The predicted octanol–water partition coefficient (Wildman–Crippen LogP) is 2.43. The smallest absolute Gasteiger partial charge is 0.246 e. The van der Waals surface area contributed by atoms with Crippen LogP contribution in [0.3, 0.4) is 0 Å². The summed E-state index contributed by atoms with van der Waals surface area (Å²) in [6.45, 7) is 7.19. The molecule has 0 amide bonds. The Hall–Kier alpha value is -1.43. The average molecular weight is 299 g/mol. The van der Waals surface area contributed by atoms with Crippen LogP contribution in [0.1, 0.15) is 27.7 Å². The molecule has 1 heterocycles. The van der Waals surface area contributed by atoms with Crippen LogP contribution in [-0.2, 0) is 9.84 Å². The topological polar surface area (TPSA) is 64.6 Å². The summed E-state index contributed by atoms with van der Waals surface area (Å²) in [5, 5.41) is 3.17. The first-order valence-electron chi connectivity index (χ1n) is 6.70. The van der Waals surface area contributed by atoms with Crippen molar-refractivity contribution in [2.75, 3.05) is 16.8 Å². The summed E-state index contributed by atoms with van der Waals surface area (Å²) < 4.78 is 34.4. The molecule has 1 aliphatic heterocycles. The van der Waals surface area contributed by atoms with Crippen molar-refractivity contribution in [2.45, 2.75) is 39.5 Å². The van der Waals surface area contributed by atoms with Crippen LogP contribution in [0.15, 0.2) is 18.2 Å². The largest absolute Gasteiger partial charge is 0.449 e. The van der Waals surface area contributed by atoms with Gasteiger partial charge in [0.2, 0.25) is 5.79 Å². The molecule has 2 rings (SSSR count). The van der Waals surface area contributed by atoms with E-state index in [9.17, 15) is 8.42 Å². The quantitative estimate of drug-likeness (QED) is 0.904. The van der Waals surface area contributed by atoms with Crippen LogP contribution in [0.5, 0.6) is 11.5 Å². The van der Waals surface area contributed by atoms with E-state index >= 15 is 0 Å². The molecule has 0 bridgehead atoms. The molecule has 1 aromatic carbocycles. The van der Waals surface area contributed by atoms with Crippen molar-refractivity contribution in [1.29, 1.82) is 0 Å². The van der Waals surface area contributed by atoms with Crippen molar-refractivity contribution in [3.05, 3.63) is 18.2 Å². The minimum absolute atomic E-state index is 0.115. The second-order valence-corrected chi connectivity index (χ2v) is 7.91. The molecule has 0 fully saturated rings. The number of benzene rings is 1. The lowest BCUT2D eigenvalue weighted by Gasteiger charge is -2.16. The molecule has 112 valence electrons. The summed E-state index contributed by atoms with van der Waals surface area (Å²) in [6, 6.07) is 5.36. The van der Waals surface area contributed by atoms with Crippen molar-refractivity contribution >= 4 is 15.5 Å².